The fraction of sp³-hybridized carbons (Fsp3) is 0.400. The van der Waals surface area contributed by atoms with E-state index in [1.165, 1.54) is 9.08 Å². The number of hydrogen-bond acceptors (Lipinski definition) is 4. The molecule has 0 N–H and O–H groups in total. The molecule has 3 heterocycles. The van der Waals surface area contributed by atoms with Crippen molar-refractivity contribution >= 4 is 11.6 Å². The zero-order chi connectivity index (χ0) is 19.0. The minimum absolute atomic E-state index is 0.0344. The minimum atomic E-state index is -0.326. The van der Waals surface area contributed by atoms with Gasteiger partial charge in [0.25, 0.3) is 0 Å². The summed E-state index contributed by atoms with van der Waals surface area (Å²) < 4.78 is 2.71. The molecule has 140 valence electrons. The molecule has 1 saturated heterocycles. The minimum Gasteiger partial charge on any atom is -0.341 e. The third-order valence-electron chi connectivity index (χ3n) is 5.10. The van der Waals surface area contributed by atoms with Gasteiger partial charge >= 0.3 is 5.69 Å². The molecular weight excluding hydrogens is 342 g/mol. The molecule has 0 unspecified atom stereocenters. The number of aryl methyl sites for hydroxylation is 1. The van der Waals surface area contributed by atoms with E-state index in [1.807, 2.05) is 35.2 Å². The Hall–Kier alpha value is -2.96. The number of piperidine rings is 1. The van der Waals surface area contributed by atoms with Crippen LogP contribution in [0.2, 0.25) is 0 Å². The molecule has 1 fully saturated rings. The Bertz CT molecular complexity index is 1040. The van der Waals surface area contributed by atoms with Gasteiger partial charge in [0.1, 0.15) is 12.4 Å². The summed E-state index contributed by atoms with van der Waals surface area (Å²) in [6.45, 7) is 5.40. The van der Waals surface area contributed by atoms with Crippen molar-refractivity contribution in [2.75, 3.05) is 13.1 Å². The maximum atomic E-state index is 12.7. The van der Waals surface area contributed by atoms with Gasteiger partial charge in [0.15, 0.2) is 5.65 Å². The molecule has 1 atom stereocenters. The van der Waals surface area contributed by atoms with Gasteiger partial charge in [0.05, 0.1) is 5.69 Å². The number of likely N-dealkylation sites (tertiary alicyclic amines) is 1. The van der Waals surface area contributed by atoms with Crippen molar-refractivity contribution in [2.45, 2.75) is 33.2 Å². The summed E-state index contributed by atoms with van der Waals surface area (Å²) in [7, 11) is 0. The van der Waals surface area contributed by atoms with Crippen LogP contribution in [0.1, 0.15) is 25.6 Å². The van der Waals surface area contributed by atoms with E-state index >= 15 is 0 Å². The summed E-state index contributed by atoms with van der Waals surface area (Å²) in [6, 6.07) is 11.6. The maximum Gasteiger partial charge on any atom is 0.352 e. The van der Waals surface area contributed by atoms with Gasteiger partial charge in [-0.25, -0.2) is 18.9 Å². The van der Waals surface area contributed by atoms with Crippen molar-refractivity contribution in [1.82, 2.24) is 24.1 Å². The molecule has 1 aliphatic heterocycles. The number of fused-ring (bicyclic) bond motifs is 1. The standard InChI is InChI=1S/C20H23N5O2/c1-14-7-6-10-23(12-14)19(26)13-24-20(27)25-15(2)21-17(11-18(25)22-24)16-8-4-3-5-9-16/h3-5,8-9,11,14H,6-7,10,12-13H2,1-2H3/t14-/m0/s1. The second-order valence-corrected chi connectivity index (χ2v) is 7.28. The first-order valence-corrected chi connectivity index (χ1v) is 9.33. The molecule has 0 aliphatic carbocycles. The summed E-state index contributed by atoms with van der Waals surface area (Å²) in [5.41, 5.74) is 1.90. The predicted molar refractivity (Wildman–Crippen MR) is 102 cm³/mol. The van der Waals surface area contributed by atoms with Crippen LogP contribution >= 0.6 is 0 Å². The first-order valence-electron chi connectivity index (χ1n) is 9.33. The van der Waals surface area contributed by atoms with Crippen molar-refractivity contribution in [3.8, 4) is 11.3 Å². The van der Waals surface area contributed by atoms with E-state index in [9.17, 15) is 9.59 Å². The summed E-state index contributed by atoms with van der Waals surface area (Å²) in [5.74, 6) is 1.00. The summed E-state index contributed by atoms with van der Waals surface area (Å²) in [4.78, 5) is 31.7. The molecule has 0 bridgehead atoms. The SMILES string of the molecule is Cc1nc(-c2ccccc2)cc2nn(CC(=O)N3CCC[C@H](C)C3)c(=O)n12. The van der Waals surface area contributed by atoms with Gasteiger partial charge in [0.2, 0.25) is 5.91 Å². The third kappa shape index (κ3) is 3.37. The molecule has 0 radical (unpaired) electrons. The number of hydrogen-bond donors (Lipinski definition) is 0. The zero-order valence-corrected chi connectivity index (χ0v) is 15.6. The highest BCUT2D eigenvalue weighted by molar-refractivity contribution is 5.76. The van der Waals surface area contributed by atoms with Crippen LogP contribution in [0.5, 0.6) is 0 Å². The average molecular weight is 365 g/mol. The molecule has 0 saturated carbocycles. The van der Waals surface area contributed by atoms with Crippen LogP contribution in [0.15, 0.2) is 41.2 Å². The van der Waals surface area contributed by atoms with Crippen LogP contribution in [0.3, 0.4) is 0 Å². The zero-order valence-electron chi connectivity index (χ0n) is 15.6. The van der Waals surface area contributed by atoms with Gasteiger partial charge < -0.3 is 4.90 Å². The van der Waals surface area contributed by atoms with E-state index in [0.717, 1.165) is 37.2 Å². The van der Waals surface area contributed by atoms with Crippen LogP contribution in [0.25, 0.3) is 16.9 Å². The van der Waals surface area contributed by atoms with E-state index in [0.29, 0.717) is 17.4 Å². The number of benzene rings is 1. The smallest absolute Gasteiger partial charge is 0.341 e. The van der Waals surface area contributed by atoms with Gasteiger partial charge in [-0.3, -0.25) is 4.79 Å². The Morgan fingerprint density at radius 1 is 1.26 bits per heavy atom. The number of rotatable bonds is 3. The Kier molecular flexibility index (Phi) is 4.51. The molecule has 1 amide bonds. The Morgan fingerprint density at radius 2 is 2.04 bits per heavy atom. The first-order chi connectivity index (χ1) is 13.0. The molecular formula is C20H23N5O2. The van der Waals surface area contributed by atoms with Gasteiger partial charge in [0, 0.05) is 24.7 Å². The fourth-order valence-corrected chi connectivity index (χ4v) is 3.70. The van der Waals surface area contributed by atoms with Crippen molar-refractivity contribution < 1.29 is 4.79 Å². The predicted octanol–water partition coefficient (Wildman–Crippen LogP) is 2.12. The summed E-state index contributed by atoms with van der Waals surface area (Å²) >= 11 is 0. The molecule has 27 heavy (non-hydrogen) atoms. The van der Waals surface area contributed by atoms with E-state index in [-0.39, 0.29) is 18.1 Å². The number of carbonyl (C=O) groups excluding carboxylic acids is 1. The molecule has 4 rings (SSSR count). The lowest BCUT2D eigenvalue weighted by Crippen LogP contribution is -2.42. The Labute approximate surface area is 157 Å². The van der Waals surface area contributed by atoms with Crippen molar-refractivity contribution in [1.29, 1.82) is 0 Å². The highest BCUT2D eigenvalue weighted by Crippen LogP contribution is 2.18. The number of amides is 1. The van der Waals surface area contributed by atoms with Crippen molar-refractivity contribution in [3.05, 3.63) is 52.7 Å². The van der Waals surface area contributed by atoms with Crippen molar-refractivity contribution in [3.63, 3.8) is 0 Å². The van der Waals surface area contributed by atoms with Crippen LogP contribution in [0.4, 0.5) is 0 Å². The number of aromatic nitrogens is 4. The highest BCUT2D eigenvalue weighted by atomic mass is 16.2. The van der Waals surface area contributed by atoms with Gasteiger partial charge in [-0.15, -0.1) is 5.10 Å². The largest absolute Gasteiger partial charge is 0.352 e. The van der Waals surface area contributed by atoms with Crippen LogP contribution in [0, 0.1) is 12.8 Å². The third-order valence-corrected chi connectivity index (χ3v) is 5.10. The second kappa shape index (κ2) is 6.98. The number of nitrogens with zero attached hydrogens (tertiary/aromatic N) is 5. The fourth-order valence-electron chi connectivity index (χ4n) is 3.70. The monoisotopic (exact) mass is 365 g/mol. The molecule has 0 spiro atoms. The normalized spacial score (nSPS) is 17.4. The quantitative estimate of drug-likeness (QED) is 0.713. The lowest BCUT2D eigenvalue weighted by atomic mass is 10.0. The maximum absolute atomic E-state index is 12.7. The van der Waals surface area contributed by atoms with Gasteiger partial charge in [-0.2, -0.15) is 0 Å². The Balaban J connectivity index is 1.66. The van der Waals surface area contributed by atoms with Gasteiger partial charge in [-0.05, 0) is 25.7 Å². The van der Waals surface area contributed by atoms with Crippen molar-refractivity contribution in [2.24, 2.45) is 5.92 Å². The van der Waals surface area contributed by atoms with E-state index in [2.05, 4.69) is 17.0 Å². The van der Waals surface area contributed by atoms with E-state index < -0.39 is 0 Å². The molecule has 1 aromatic carbocycles. The number of carbonyl (C=O) groups is 1. The van der Waals surface area contributed by atoms with E-state index in [1.54, 1.807) is 13.0 Å². The van der Waals surface area contributed by atoms with Gasteiger partial charge in [-0.1, -0.05) is 37.3 Å². The van der Waals surface area contributed by atoms with E-state index in [4.69, 9.17) is 0 Å². The average Bonchev–Trinajstić information content (AvgIpc) is 2.98. The second-order valence-electron chi connectivity index (χ2n) is 7.28. The molecule has 7 nitrogen and oxygen atoms in total. The highest BCUT2D eigenvalue weighted by Gasteiger charge is 2.22. The van der Waals surface area contributed by atoms with Crippen LogP contribution < -0.4 is 5.69 Å². The van der Waals surface area contributed by atoms with Crippen LogP contribution in [-0.4, -0.2) is 43.1 Å². The topological polar surface area (TPSA) is 72.5 Å². The molecule has 1 aliphatic rings. The summed E-state index contributed by atoms with van der Waals surface area (Å²) in [5, 5.41) is 4.39. The Morgan fingerprint density at radius 3 is 2.78 bits per heavy atom. The lowest BCUT2D eigenvalue weighted by Gasteiger charge is -2.30. The van der Waals surface area contributed by atoms with Crippen LogP contribution in [-0.2, 0) is 11.3 Å². The molecule has 7 heteroatoms. The summed E-state index contributed by atoms with van der Waals surface area (Å²) in [6.07, 6.45) is 2.15. The molecule has 2 aromatic heterocycles. The molecule has 3 aromatic rings. The first kappa shape index (κ1) is 17.5. The lowest BCUT2D eigenvalue weighted by molar-refractivity contribution is -0.133.